The smallest absolute Gasteiger partial charge is 0.211 e. The van der Waals surface area contributed by atoms with Crippen molar-refractivity contribution in [3.8, 4) is 6.07 Å². The van der Waals surface area contributed by atoms with E-state index in [1.165, 1.54) is 4.31 Å². The van der Waals surface area contributed by atoms with Gasteiger partial charge in [0.25, 0.3) is 0 Å². The van der Waals surface area contributed by atoms with Crippen molar-refractivity contribution in [2.45, 2.75) is 31.4 Å². The number of sulfonamides is 1. The van der Waals surface area contributed by atoms with Gasteiger partial charge in [0.1, 0.15) is 0 Å². The molecular weight excluding hydrogens is 224 g/mol. The zero-order chi connectivity index (χ0) is 12.2. The van der Waals surface area contributed by atoms with Gasteiger partial charge in [-0.1, -0.05) is 13.0 Å². The maximum absolute atomic E-state index is 12.1. The fourth-order valence-electron chi connectivity index (χ4n) is 1.56. The lowest BCUT2D eigenvalue weighted by Crippen LogP contribution is -2.39. The first-order valence-electron chi connectivity index (χ1n) is 5.55. The standard InChI is InChI=1S/C11H18N2O2S/c1-3-7-13(9-10-5-6-10)16(14,15)11(4-2)8-12/h3,10-11H,1,4-7,9H2,2H3. The molecule has 4 nitrogen and oxygen atoms in total. The lowest BCUT2D eigenvalue weighted by atomic mass is 10.4. The van der Waals surface area contributed by atoms with E-state index in [9.17, 15) is 8.42 Å². The van der Waals surface area contributed by atoms with Crippen molar-refractivity contribution in [1.82, 2.24) is 4.31 Å². The maximum atomic E-state index is 12.1. The van der Waals surface area contributed by atoms with Crippen LogP contribution in [0.25, 0.3) is 0 Å². The zero-order valence-corrected chi connectivity index (χ0v) is 10.4. The van der Waals surface area contributed by atoms with Crippen LogP contribution in [0.5, 0.6) is 0 Å². The van der Waals surface area contributed by atoms with Gasteiger partial charge in [0.2, 0.25) is 10.0 Å². The average Bonchev–Trinajstić information content (AvgIpc) is 3.02. The second kappa shape index (κ2) is 5.46. The van der Waals surface area contributed by atoms with Crippen LogP contribution in [0.4, 0.5) is 0 Å². The van der Waals surface area contributed by atoms with Crippen molar-refractivity contribution in [1.29, 1.82) is 5.26 Å². The lowest BCUT2D eigenvalue weighted by Gasteiger charge is -2.22. The van der Waals surface area contributed by atoms with Gasteiger partial charge in [0.05, 0.1) is 6.07 Å². The van der Waals surface area contributed by atoms with Crippen LogP contribution in [0.3, 0.4) is 0 Å². The SMILES string of the molecule is C=CCN(CC1CC1)S(=O)(=O)C(C#N)CC. The van der Waals surface area contributed by atoms with Crippen LogP contribution >= 0.6 is 0 Å². The Bertz CT molecular complexity index is 379. The second-order valence-electron chi connectivity index (χ2n) is 4.12. The van der Waals surface area contributed by atoms with Crippen LogP contribution in [-0.2, 0) is 10.0 Å². The van der Waals surface area contributed by atoms with E-state index in [-0.39, 0.29) is 0 Å². The minimum atomic E-state index is -3.48. The van der Waals surface area contributed by atoms with E-state index in [4.69, 9.17) is 5.26 Å². The minimum absolute atomic E-state index is 0.303. The highest BCUT2D eigenvalue weighted by molar-refractivity contribution is 7.90. The summed E-state index contributed by atoms with van der Waals surface area (Å²) in [7, 11) is -3.48. The van der Waals surface area contributed by atoms with Crippen LogP contribution in [0.1, 0.15) is 26.2 Å². The second-order valence-corrected chi connectivity index (χ2v) is 6.24. The summed E-state index contributed by atoms with van der Waals surface area (Å²) < 4.78 is 25.6. The summed E-state index contributed by atoms with van der Waals surface area (Å²) in [6, 6.07) is 1.86. The molecule has 1 fully saturated rings. The van der Waals surface area contributed by atoms with Gasteiger partial charge in [-0.25, -0.2) is 8.42 Å². The van der Waals surface area contributed by atoms with E-state index in [0.29, 0.717) is 25.4 Å². The van der Waals surface area contributed by atoms with Gasteiger partial charge in [-0.15, -0.1) is 6.58 Å². The highest BCUT2D eigenvalue weighted by Gasteiger charge is 2.34. The molecular formula is C11H18N2O2S. The minimum Gasteiger partial charge on any atom is -0.211 e. The molecule has 1 rings (SSSR count). The molecule has 1 atom stereocenters. The molecule has 0 heterocycles. The average molecular weight is 242 g/mol. The highest BCUT2D eigenvalue weighted by atomic mass is 32.2. The van der Waals surface area contributed by atoms with Crippen molar-refractivity contribution in [2.24, 2.45) is 5.92 Å². The fraction of sp³-hybridized carbons (Fsp3) is 0.727. The molecule has 1 aliphatic rings. The molecule has 16 heavy (non-hydrogen) atoms. The largest absolute Gasteiger partial charge is 0.230 e. The molecule has 1 unspecified atom stereocenters. The molecule has 0 aromatic carbocycles. The number of nitrogens with zero attached hydrogens (tertiary/aromatic N) is 2. The normalized spacial score (nSPS) is 18.1. The monoisotopic (exact) mass is 242 g/mol. The number of hydrogen-bond acceptors (Lipinski definition) is 3. The third-order valence-electron chi connectivity index (χ3n) is 2.73. The van der Waals surface area contributed by atoms with E-state index in [0.717, 1.165) is 12.8 Å². The predicted octanol–water partition coefficient (Wildman–Crippen LogP) is 1.52. The Morgan fingerprint density at radius 3 is 2.62 bits per heavy atom. The third-order valence-corrected chi connectivity index (χ3v) is 4.90. The van der Waals surface area contributed by atoms with E-state index < -0.39 is 15.3 Å². The highest BCUT2D eigenvalue weighted by Crippen LogP contribution is 2.31. The molecule has 1 saturated carbocycles. The molecule has 0 radical (unpaired) electrons. The quantitative estimate of drug-likeness (QED) is 0.636. The molecule has 0 saturated heterocycles. The Balaban J connectivity index is 2.81. The maximum Gasteiger partial charge on any atom is 0.230 e. The van der Waals surface area contributed by atoms with E-state index in [2.05, 4.69) is 6.58 Å². The molecule has 5 heteroatoms. The molecule has 0 aromatic rings. The molecule has 0 spiro atoms. The number of hydrogen-bond donors (Lipinski definition) is 0. The Kier molecular flexibility index (Phi) is 4.51. The Morgan fingerprint density at radius 2 is 2.25 bits per heavy atom. The summed E-state index contributed by atoms with van der Waals surface area (Å²) in [5.41, 5.74) is 0. The molecule has 1 aliphatic carbocycles. The Morgan fingerprint density at radius 1 is 1.62 bits per heavy atom. The van der Waals surface area contributed by atoms with Crippen molar-refractivity contribution < 1.29 is 8.42 Å². The van der Waals surface area contributed by atoms with Crippen molar-refractivity contribution in [3.05, 3.63) is 12.7 Å². The van der Waals surface area contributed by atoms with Crippen molar-refractivity contribution in [3.63, 3.8) is 0 Å². The zero-order valence-electron chi connectivity index (χ0n) is 9.59. The number of nitriles is 1. The fourth-order valence-corrected chi connectivity index (χ4v) is 3.21. The van der Waals surface area contributed by atoms with Crippen molar-refractivity contribution in [2.75, 3.05) is 13.1 Å². The van der Waals surface area contributed by atoms with Crippen LogP contribution in [0.2, 0.25) is 0 Å². The lowest BCUT2D eigenvalue weighted by molar-refractivity contribution is 0.421. The predicted molar refractivity (Wildman–Crippen MR) is 63.1 cm³/mol. The molecule has 0 amide bonds. The molecule has 0 N–H and O–H groups in total. The van der Waals surface area contributed by atoms with E-state index in [1.54, 1.807) is 13.0 Å². The van der Waals surface area contributed by atoms with Gasteiger partial charge < -0.3 is 0 Å². The summed E-state index contributed by atoms with van der Waals surface area (Å²) in [5.74, 6) is 0.478. The van der Waals surface area contributed by atoms with Gasteiger partial charge in [-0.3, -0.25) is 0 Å². The first-order valence-corrected chi connectivity index (χ1v) is 7.06. The van der Waals surface area contributed by atoms with E-state index in [1.807, 2.05) is 6.07 Å². The molecule has 0 aromatic heterocycles. The first-order chi connectivity index (χ1) is 7.56. The van der Waals surface area contributed by atoms with Crippen molar-refractivity contribution >= 4 is 10.0 Å². The summed E-state index contributed by atoms with van der Waals surface area (Å²) in [5, 5.41) is 7.92. The van der Waals surface area contributed by atoms with Crippen LogP contribution in [0.15, 0.2) is 12.7 Å². The van der Waals surface area contributed by atoms with Gasteiger partial charge in [-0.2, -0.15) is 9.57 Å². The van der Waals surface area contributed by atoms with Gasteiger partial charge in [0, 0.05) is 13.1 Å². The van der Waals surface area contributed by atoms with Crippen LogP contribution < -0.4 is 0 Å². The van der Waals surface area contributed by atoms with Gasteiger partial charge in [0.15, 0.2) is 5.25 Å². The molecule has 0 aliphatic heterocycles. The Hall–Kier alpha value is -0.860. The topological polar surface area (TPSA) is 61.2 Å². The van der Waals surface area contributed by atoms with E-state index >= 15 is 0 Å². The van der Waals surface area contributed by atoms with Gasteiger partial charge in [-0.05, 0) is 25.2 Å². The third kappa shape index (κ3) is 3.06. The summed E-state index contributed by atoms with van der Waals surface area (Å²) >= 11 is 0. The van der Waals surface area contributed by atoms with Crippen LogP contribution in [0, 0.1) is 17.2 Å². The van der Waals surface area contributed by atoms with Gasteiger partial charge >= 0.3 is 0 Å². The summed E-state index contributed by atoms with van der Waals surface area (Å²) in [4.78, 5) is 0. The summed E-state index contributed by atoms with van der Waals surface area (Å²) in [6.07, 6.45) is 4.08. The Labute approximate surface area is 97.6 Å². The van der Waals surface area contributed by atoms with Crippen LogP contribution in [-0.4, -0.2) is 31.1 Å². The number of rotatable bonds is 7. The summed E-state index contributed by atoms with van der Waals surface area (Å²) in [6.45, 7) is 6.12. The molecule has 0 bridgehead atoms. The molecule has 90 valence electrons. The first kappa shape index (κ1) is 13.2.